The van der Waals surface area contributed by atoms with Crippen molar-refractivity contribution in [2.24, 2.45) is 0 Å². The first-order valence-electron chi connectivity index (χ1n) is 8.78. The fourth-order valence-corrected chi connectivity index (χ4v) is 3.76. The molecule has 0 radical (unpaired) electrons. The Morgan fingerprint density at radius 1 is 1.03 bits per heavy atom. The molecule has 0 fully saturated rings. The number of anilines is 1. The Morgan fingerprint density at radius 3 is 2.41 bits per heavy atom. The number of rotatable bonds is 6. The maximum atomic E-state index is 12.6. The molecular formula is C21H19N3O4S. The van der Waals surface area contributed by atoms with Crippen LogP contribution in [0, 0.1) is 0 Å². The number of hydrogen-bond acceptors (Lipinski definition) is 6. The Morgan fingerprint density at radius 2 is 1.76 bits per heavy atom. The molecule has 0 aliphatic carbocycles. The van der Waals surface area contributed by atoms with Gasteiger partial charge in [-0.05, 0) is 12.1 Å². The van der Waals surface area contributed by atoms with E-state index in [4.69, 9.17) is 14.2 Å². The molecule has 0 atom stereocenters. The lowest BCUT2D eigenvalue weighted by Crippen LogP contribution is -2.11. The van der Waals surface area contributed by atoms with Crippen LogP contribution in [0.1, 0.15) is 10.5 Å². The number of thiazole rings is 1. The van der Waals surface area contributed by atoms with Gasteiger partial charge in [0.15, 0.2) is 5.13 Å². The normalized spacial score (nSPS) is 10.7. The van der Waals surface area contributed by atoms with Crippen LogP contribution in [0.25, 0.3) is 22.2 Å². The summed E-state index contributed by atoms with van der Waals surface area (Å²) in [6, 6.07) is 13.1. The molecular weight excluding hydrogens is 390 g/mol. The quantitative estimate of drug-likeness (QED) is 0.487. The van der Waals surface area contributed by atoms with Crippen molar-refractivity contribution in [1.29, 1.82) is 0 Å². The zero-order chi connectivity index (χ0) is 20.4. The second-order valence-electron chi connectivity index (χ2n) is 6.17. The van der Waals surface area contributed by atoms with Crippen LogP contribution in [-0.4, -0.2) is 37.2 Å². The van der Waals surface area contributed by atoms with Crippen molar-refractivity contribution in [3.8, 4) is 28.5 Å². The number of benzene rings is 2. The number of fused-ring (bicyclic) bond motifs is 1. The highest BCUT2D eigenvalue weighted by Crippen LogP contribution is 2.42. The van der Waals surface area contributed by atoms with E-state index in [2.05, 4.69) is 15.3 Å². The molecule has 0 unspecified atom stereocenters. The first kappa shape index (κ1) is 18.8. The Balaban J connectivity index is 1.62. The van der Waals surface area contributed by atoms with E-state index in [1.54, 1.807) is 33.5 Å². The first-order valence-corrected chi connectivity index (χ1v) is 9.66. The van der Waals surface area contributed by atoms with Crippen molar-refractivity contribution in [3.05, 3.63) is 53.5 Å². The highest BCUT2D eigenvalue weighted by atomic mass is 32.1. The third kappa shape index (κ3) is 3.62. The average Bonchev–Trinajstić information content (AvgIpc) is 3.39. The average molecular weight is 409 g/mol. The van der Waals surface area contributed by atoms with E-state index in [-0.39, 0.29) is 5.91 Å². The zero-order valence-corrected chi connectivity index (χ0v) is 16.9. The van der Waals surface area contributed by atoms with Crippen LogP contribution >= 0.6 is 11.3 Å². The minimum atomic E-state index is -0.254. The second-order valence-corrected chi connectivity index (χ2v) is 7.03. The standard InChI is InChI=1S/C21H19N3O4S/c1-26-13-9-17(27-2)19(18(10-13)28-3)16-11-29-21(23-16)24-20(25)15-8-12-6-4-5-7-14(12)22-15/h4-11,22H,1-3H3,(H,23,24,25). The molecule has 2 aromatic carbocycles. The van der Waals surface area contributed by atoms with Gasteiger partial charge in [-0.25, -0.2) is 4.98 Å². The van der Waals surface area contributed by atoms with Crippen LogP contribution in [0.15, 0.2) is 47.8 Å². The van der Waals surface area contributed by atoms with E-state index < -0.39 is 0 Å². The Bertz CT molecular complexity index is 1120. The van der Waals surface area contributed by atoms with Gasteiger partial charge in [0.2, 0.25) is 0 Å². The molecule has 4 aromatic rings. The second kappa shape index (κ2) is 7.84. The third-order valence-electron chi connectivity index (χ3n) is 4.47. The van der Waals surface area contributed by atoms with E-state index >= 15 is 0 Å². The van der Waals surface area contributed by atoms with Crippen molar-refractivity contribution in [2.75, 3.05) is 26.6 Å². The van der Waals surface area contributed by atoms with E-state index in [0.717, 1.165) is 10.9 Å². The summed E-state index contributed by atoms with van der Waals surface area (Å²) >= 11 is 1.32. The number of amides is 1. The minimum Gasteiger partial charge on any atom is -0.496 e. The Labute approximate surface area is 171 Å². The fraction of sp³-hybridized carbons (Fsp3) is 0.143. The smallest absolute Gasteiger partial charge is 0.273 e. The number of methoxy groups -OCH3 is 3. The van der Waals surface area contributed by atoms with Crippen LogP contribution in [0.2, 0.25) is 0 Å². The topological polar surface area (TPSA) is 85.5 Å². The molecule has 0 bridgehead atoms. The molecule has 4 rings (SSSR count). The highest BCUT2D eigenvalue weighted by molar-refractivity contribution is 7.14. The molecule has 1 amide bonds. The molecule has 0 saturated heterocycles. The van der Waals surface area contributed by atoms with Gasteiger partial charge in [0.1, 0.15) is 22.9 Å². The van der Waals surface area contributed by atoms with Crippen molar-refractivity contribution in [3.63, 3.8) is 0 Å². The molecule has 0 spiro atoms. The van der Waals surface area contributed by atoms with E-state index in [0.29, 0.717) is 39.3 Å². The van der Waals surface area contributed by atoms with Gasteiger partial charge in [-0.2, -0.15) is 0 Å². The molecule has 29 heavy (non-hydrogen) atoms. The van der Waals surface area contributed by atoms with Crippen LogP contribution < -0.4 is 19.5 Å². The summed E-state index contributed by atoms with van der Waals surface area (Å²) in [5.41, 5.74) is 2.71. The number of H-pyrrole nitrogens is 1. The van der Waals surface area contributed by atoms with Gasteiger partial charge in [0.25, 0.3) is 5.91 Å². The number of nitrogens with one attached hydrogen (secondary N) is 2. The van der Waals surface area contributed by atoms with Gasteiger partial charge in [0, 0.05) is 28.4 Å². The largest absolute Gasteiger partial charge is 0.496 e. The first-order chi connectivity index (χ1) is 14.1. The van der Waals surface area contributed by atoms with Gasteiger partial charge in [-0.15, -0.1) is 11.3 Å². The SMILES string of the molecule is COc1cc(OC)c(-c2csc(NC(=O)c3cc4ccccc4[nH]3)n2)c(OC)c1. The van der Waals surface area contributed by atoms with Gasteiger partial charge in [0.05, 0.1) is 32.6 Å². The molecule has 2 aromatic heterocycles. The summed E-state index contributed by atoms with van der Waals surface area (Å²) in [4.78, 5) is 20.3. The highest BCUT2D eigenvalue weighted by Gasteiger charge is 2.19. The number of carbonyl (C=O) groups is 1. The molecule has 0 saturated carbocycles. The number of carbonyl (C=O) groups excluding carboxylic acids is 1. The van der Waals surface area contributed by atoms with Gasteiger partial charge < -0.3 is 19.2 Å². The van der Waals surface area contributed by atoms with Crippen molar-refractivity contribution >= 4 is 33.3 Å². The number of hydrogen-bond donors (Lipinski definition) is 2. The molecule has 2 N–H and O–H groups in total. The van der Waals surface area contributed by atoms with Gasteiger partial charge in [-0.1, -0.05) is 18.2 Å². The number of aromatic nitrogens is 2. The Hall–Kier alpha value is -3.52. The van der Waals surface area contributed by atoms with Crippen LogP contribution in [0.4, 0.5) is 5.13 Å². The Kier molecular flexibility index (Phi) is 5.09. The third-order valence-corrected chi connectivity index (χ3v) is 5.23. The number of ether oxygens (including phenoxy) is 3. The van der Waals surface area contributed by atoms with Gasteiger partial charge >= 0.3 is 0 Å². The fourth-order valence-electron chi connectivity index (χ4n) is 3.06. The number of para-hydroxylation sites is 1. The maximum absolute atomic E-state index is 12.6. The predicted molar refractivity (Wildman–Crippen MR) is 113 cm³/mol. The minimum absolute atomic E-state index is 0.254. The summed E-state index contributed by atoms with van der Waals surface area (Å²) in [5, 5.41) is 6.13. The molecule has 2 heterocycles. The molecule has 148 valence electrons. The summed E-state index contributed by atoms with van der Waals surface area (Å²) < 4.78 is 16.3. The van der Waals surface area contributed by atoms with Gasteiger partial charge in [-0.3, -0.25) is 10.1 Å². The lowest BCUT2D eigenvalue weighted by molar-refractivity contribution is 0.102. The summed E-state index contributed by atoms with van der Waals surface area (Å²) in [6.45, 7) is 0. The van der Waals surface area contributed by atoms with Crippen LogP contribution in [0.5, 0.6) is 17.2 Å². The molecule has 8 heteroatoms. The van der Waals surface area contributed by atoms with E-state index in [1.165, 1.54) is 11.3 Å². The van der Waals surface area contributed by atoms with Crippen LogP contribution in [0.3, 0.4) is 0 Å². The lowest BCUT2D eigenvalue weighted by atomic mass is 10.1. The monoisotopic (exact) mass is 409 g/mol. The number of aromatic amines is 1. The lowest BCUT2D eigenvalue weighted by Gasteiger charge is -2.13. The van der Waals surface area contributed by atoms with Crippen molar-refractivity contribution in [2.45, 2.75) is 0 Å². The van der Waals surface area contributed by atoms with Crippen LogP contribution in [-0.2, 0) is 0 Å². The van der Waals surface area contributed by atoms with E-state index in [9.17, 15) is 4.79 Å². The van der Waals surface area contributed by atoms with Crippen molar-refractivity contribution < 1.29 is 19.0 Å². The summed E-state index contributed by atoms with van der Waals surface area (Å²) in [6.07, 6.45) is 0. The summed E-state index contributed by atoms with van der Waals surface area (Å²) in [7, 11) is 4.72. The number of nitrogens with zero attached hydrogens (tertiary/aromatic N) is 1. The molecule has 0 aliphatic rings. The predicted octanol–water partition coefficient (Wildman–Crippen LogP) is 4.57. The molecule has 7 nitrogen and oxygen atoms in total. The zero-order valence-electron chi connectivity index (χ0n) is 16.1. The molecule has 0 aliphatic heterocycles. The summed E-state index contributed by atoms with van der Waals surface area (Å²) in [5.74, 6) is 1.50. The van der Waals surface area contributed by atoms with E-state index in [1.807, 2.05) is 35.7 Å². The maximum Gasteiger partial charge on any atom is 0.273 e. The van der Waals surface area contributed by atoms with Crippen molar-refractivity contribution in [1.82, 2.24) is 9.97 Å².